The second-order valence-electron chi connectivity index (χ2n) is 5.62. The third kappa shape index (κ3) is 6.57. The van der Waals surface area contributed by atoms with Crippen LogP contribution in [-0.2, 0) is 9.47 Å². The highest BCUT2D eigenvalue weighted by atomic mass is 32.7. The normalized spacial score (nSPS) is 21.2. The highest BCUT2D eigenvalue weighted by Gasteiger charge is 2.19. The SMILES string of the molecule is COc1ccc(P(S)N2CCOCC2)cc1.C[NH+]1CCOCC1. The van der Waals surface area contributed by atoms with Crippen molar-refractivity contribution >= 4 is 24.8 Å². The van der Waals surface area contributed by atoms with E-state index in [0.717, 1.165) is 45.3 Å². The number of hydrogen-bond donors (Lipinski definition) is 2. The van der Waals surface area contributed by atoms with E-state index < -0.39 is 7.27 Å². The summed E-state index contributed by atoms with van der Waals surface area (Å²) >= 11 is 4.72. The van der Waals surface area contributed by atoms with Crippen molar-refractivity contribution < 1.29 is 19.1 Å². The zero-order chi connectivity index (χ0) is 16.5. The summed E-state index contributed by atoms with van der Waals surface area (Å²) in [5, 5.41) is 1.26. The molecule has 0 bridgehead atoms. The Labute approximate surface area is 145 Å². The number of morpholine rings is 2. The summed E-state index contributed by atoms with van der Waals surface area (Å²) in [4.78, 5) is 1.59. The first-order chi connectivity index (χ1) is 11.2. The quantitative estimate of drug-likeness (QED) is 0.606. The summed E-state index contributed by atoms with van der Waals surface area (Å²) < 4.78 is 18.0. The van der Waals surface area contributed by atoms with E-state index in [9.17, 15) is 0 Å². The van der Waals surface area contributed by atoms with Crippen LogP contribution in [0, 0.1) is 0 Å². The van der Waals surface area contributed by atoms with E-state index in [2.05, 4.69) is 23.9 Å². The molecular weight excluding hydrogens is 331 g/mol. The van der Waals surface area contributed by atoms with Gasteiger partial charge in [-0.15, -0.1) is 12.2 Å². The zero-order valence-corrected chi connectivity index (χ0v) is 15.8. The third-order valence-corrected chi connectivity index (χ3v) is 7.05. The first kappa shape index (κ1) is 19.0. The Morgan fingerprint density at radius 2 is 1.61 bits per heavy atom. The van der Waals surface area contributed by atoms with E-state index in [1.165, 1.54) is 18.4 Å². The lowest BCUT2D eigenvalue weighted by Gasteiger charge is -2.31. The van der Waals surface area contributed by atoms with Gasteiger partial charge in [0.15, 0.2) is 0 Å². The van der Waals surface area contributed by atoms with Crippen molar-refractivity contribution in [3.8, 4) is 5.75 Å². The summed E-state index contributed by atoms with van der Waals surface area (Å²) in [6.45, 7) is 7.84. The number of thiol groups is 1. The van der Waals surface area contributed by atoms with Gasteiger partial charge in [0.05, 0.1) is 47.9 Å². The molecule has 2 fully saturated rings. The minimum absolute atomic E-state index is 0.519. The largest absolute Gasteiger partial charge is 0.497 e. The fraction of sp³-hybridized carbons (Fsp3) is 0.625. The number of likely N-dealkylation sites (N-methyl/N-ethyl adjacent to an activating group) is 1. The average molecular weight is 359 g/mol. The fourth-order valence-corrected chi connectivity index (χ4v) is 4.56. The molecule has 0 saturated carbocycles. The van der Waals surface area contributed by atoms with Crippen LogP contribution in [0.3, 0.4) is 0 Å². The molecule has 2 heterocycles. The minimum Gasteiger partial charge on any atom is -0.497 e. The van der Waals surface area contributed by atoms with Crippen molar-refractivity contribution in [3.05, 3.63) is 24.3 Å². The first-order valence-corrected chi connectivity index (χ1v) is 10.5. The maximum absolute atomic E-state index is 5.34. The Morgan fingerprint density at radius 3 is 2.09 bits per heavy atom. The van der Waals surface area contributed by atoms with Gasteiger partial charge in [-0.25, -0.2) is 0 Å². The number of quaternary nitrogens is 1. The Bertz CT molecular complexity index is 437. The molecule has 0 aromatic heterocycles. The molecule has 1 N–H and O–H groups in total. The Balaban J connectivity index is 0.000000229. The van der Waals surface area contributed by atoms with Crippen LogP contribution >= 0.6 is 19.5 Å². The number of nitrogens with zero attached hydrogens (tertiary/aromatic N) is 1. The van der Waals surface area contributed by atoms with Gasteiger partial charge in [-0.05, 0) is 24.3 Å². The zero-order valence-electron chi connectivity index (χ0n) is 14.0. The van der Waals surface area contributed by atoms with Gasteiger partial charge in [0.2, 0.25) is 0 Å². The molecule has 3 rings (SSSR count). The minimum atomic E-state index is -0.519. The van der Waals surface area contributed by atoms with E-state index in [0.29, 0.717) is 0 Å². The van der Waals surface area contributed by atoms with E-state index in [-0.39, 0.29) is 0 Å². The third-order valence-electron chi connectivity index (χ3n) is 3.91. The molecule has 7 heteroatoms. The predicted octanol–water partition coefficient (Wildman–Crippen LogP) is 0.426. The topological polar surface area (TPSA) is 35.4 Å². The molecule has 5 nitrogen and oxygen atoms in total. The molecular formula is C16H28N2O3PS+. The van der Waals surface area contributed by atoms with Crippen LogP contribution in [-0.4, -0.2) is 71.4 Å². The molecule has 1 unspecified atom stereocenters. The van der Waals surface area contributed by atoms with Crippen LogP contribution < -0.4 is 14.9 Å². The summed E-state index contributed by atoms with van der Waals surface area (Å²) in [6, 6.07) is 8.16. The average Bonchev–Trinajstić information content (AvgIpc) is 2.63. The van der Waals surface area contributed by atoms with E-state index in [1.54, 1.807) is 12.0 Å². The Kier molecular flexibility index (Phi) is 8.66. The Hall–Kier alpha value is -0.360. The molecule has 0 aliphatic carbocycles. The van der Waals surface area contributed by atoms with Crippen LogP contribution in [0.4, 0.5) is 0 Å². The first-order valence-electron chi connectivity index (χ1n) is 8.05. The van der Waals surface area contributed by atoms with Gasteiger partial charge < -0.3 is 19.1 Å². The van der Waals surface area contributed by atoms with E-state index >= 15 is 0 Å². The van der Waals surface area contributed by atoms with Crippen LogP contribution in [0.1, 0.15) is 0 Å². The van der Waals surface area contributed by atoms with Crippen molar-refractivity contribution in [2.24, 2.45) is 0 Å². The second kappa shape index (κ2) is 10.5. The molecule has 1 aromatic carbocycles. The number of rotatable bonds is 3. The van der Waals surface area contributed by atoms with Crippen molar-refractivity contribution in [2.45, 2.75) is 0 Å². The van der Waals surface area contributed by atoms with Gasteiger partial charge in [0.1, 0.15) is 18.8 Å². The second-order valence-corrected chi connectivity index (χ2v) is 8.42. The van der Waals surface area contributed by atoms with Gasteiger partial charge in [-0.3, -0.25) is 4.67 Å². The molecule has 130 valence electrons. The standard InChI is InChI=1S/C11H16NO2PS.C5H11NO/c1-13-10-2-4-11(5-3-10)15(16)12-6-8-14-9-7-12;1-6-2-4-7-5-3-6/h2-5,16H,6-9H2,1H3;2-5H2,1H3/p+1. The molecule has 2 aliphatic rings. The Morgan fingerprint density at radius 1 is 1.04 bits per heavy atom. The summed E-state index contributed by atoms with van der Waals surface area (Å²) in [5.74, 6) is 0.891. The lowest BCUT2D eigenvalue weighted by atomic mass is 10.3. The fourth-order valence-electron chi connectivity index (χ4n) is 2.34. The number of benzene rings is 1. The van der Waals surface area contributed by atoms with Crippen LogP contribution in [0.2, 0.25) is 0 Å². The maximum Gasteiger partial charge on any atom is 0.118 e. The lowest BCUT2D eigenvalue weighted by Crippen LogP contribution is -3.11. The highest BCUT2D eigenvalue weighted by molar-refractivity contribution is 8.47. The molecule has 0 radical (unpaired) electrons. The molecule has 1 atom stereocenters. The molecule has 2 aliphatic heterocycles. The predicted molar refractivity (Wildman–Crippen MR) is 98.4 cm³/mol. The summed E-state index contributed by atoms with van der Waals surface area (Å²) in [5.41, 5.74) is 0. The molecule has 2 saturated heterocycles. The lowest BCUT2D eigenvalue weighted by molar-refractivity contribution is -0.888. The molecule has 0 amide bonds. The van der Waals surface area contributed by atoms with Crippen molar-refractivity contribution in [1.82, 2.24) is 4.67 Å². The summed E-state index contributed by atoms with van der Waals surface area (Å²) in [6.07, 6.45) is 0. The maximum atomic E-state index is 5.34. The molecule has 1 aromatic rings. The van der Waals surface area contributed by atoms with Gasteiger partial charge in [-0.1, -0.05) is 0 Å². The van der Waals surface area contributed by atoms with Gasteiger partial charge in [0.25, 0.3) is 0 Å². The van der Waals surface area contributed by atoms with Crippen LogP contribution in [0.15, 0.2) is 24.3 Å². The number of hydrogen-bond acceptors (Lipinski definition) is 5. The van der Waals surface area contributed by atoms with Crippen LogP contribution in [0.5, 0.6) is 5.75 Å². The van der Waals surface area contributed by atoms with Crippen molar-refractivity contribution in [3.63, 3.8) is 0 Å². The van der Waals surface area contributed by atoms with E-state index in [1.807, 2.05) is 12.1 Å². The molecule has 0 spiro atoms. The highest BCUT2D eigenvalue weighted by Crippen LogP contribution is 2.44. The van der Waals surface area contributed by atoms with Crippen molar-refractivity contribution in [2.75, 3.05) is 66.8 Å². The smallest absolute Gasteiger partial charge is 0.118 e. The molecule has 23 heavy (non-hydrogen) atoms. The van der Waals surface area contributed by atoms with Crippen molar-refractivity contribution in [1.29, 1.82) is 0 Å². The van der Waals surface area contributed by atoms with E-state index in [4.69, 9.17) is 26.5 Å². The number of ether oxygens (including phenoxy) is 3. The van der Waals surface area contributed by atoms with Gasteiger partial charge in [0, 0.05) is 18.4 Å². The number of nitrogens with one attached hydrogen (secondary N) is 1. The van der Waals surface area contributed by atoms with Crippen LogP contribution in [0.25, 0.3) is 0 Å². The summed E-state index contributed by atoms with van der Waals surface area (Å²) in [7, 11) is 3.36. The number of methoxy groups -OCH3 is 1. The van der Waals surface area contributed by atoms with Gasteiger partial charge >= 0.3 is 0 Å². The van der Waals surface area contributed by atoms with Gasteiger partial charge in [-0.2, -0.15) is 0 Å². The monoisotopic (exact) mass is 359 g/mol.